The maximum absolute atomic E-state index is 12.3. The van der Waals surface area contributed by atoms with Crippen LogP contribution in [0.2, 0.25) is 5.02 Å². The molecule has 1 fully saturated rings. The van der Waals surface area contributed by atoms with E-state index in [0.29, 0.717) is 36.3 Å². The predicted molar refractivity (Wildman–Crippen MR) is 110 cm³/mol. The molecule has 0 saturated carbocycles. The number of hydrogen-bond donors (Lipinski definition) is 1. The highest BCUT2D eigenvalue weighted by Gasteiger charge is 2.33. The molecular formula is C21H29ClN2O4. The third kappa shape index (κ3) is 5.19. The molecule has 0 radical (unpaired) electrons. The van der Waals surface area contributed by atoms with Gasteiger partial charge in [-0.2, -0.15) is 0 Å². The predicted octanol–water partition coefficient (Wildman–Crippen LogP) is 3.13. The summed E-state index contributed by atoms with van der Waals surface area (Å²) in [4.78, 5) is 14.7. The number of nitrogens with zero attached hydrogens (tertiary/aromatic N) is 1. The van der Waals surface area contributed by atoms with Gasteiger partial charge in [0.2, 0.25) is 5.91 Å². The fraction of sp³-hybridized carbons (Fsp3) is 0.571. The van der Waals surface area contributed by atoms with Crippen molar-refractivity contribution in [2.45, 2.75) is 45.4 Å². The second-order valence-electron chi connectivity index (χ2n) is 8.05. The van der Waals surface area contributed by atoms with Gasteiger partial charge in [-0.3, -0.25) is 9.69 Å². The molecule has 2 atom stereocenters. The van der Waals surface area contributed by atoms with E-state index in [4.69, 9.17) is 25.8 Å². The van der Waals surface area contributed by atoms with Gasteiger partial charge >= 0.3 is 0 Å². The molecule has 6 nitrogen and oxygen atoms in total. The summed E-state index contributed by atoms with van der Waals surface area (Å²) in [7, 11) is 0. The molecular weight excluding hydrogens is 380 g/mol. The Labute approximate surface area is 171 Å². The second kappa shape index (κ2) is 8.72. The van der Waals surface area contributed by atoms with E-state index in [9.17, 15) is 4.79 Å². The topological polar surface area (TPSA) is 60.0 Å². The summed E-state index contributed by atoms with van der Waals surface area (Å²) < 4.78 is 16.9. The van der Waals surface area contributed by atoms with Gasteiger partial charge in [0.15, 0.2) is 11.5 Å². The minimum absolute atomic E-state index is 0.145. The van der Waals surface area contributed by atoms with Crippen LogP contribution >= 0.6 is 11.6 Å². The number of hydrogen-bond acceptors (Lipinski definition) is 5. The molecule has 2 aliphatic heterocycles. The highest BCUT2D eigenvalue weighted by molar-refractivity contribution is 6.32. The minimum atomic E-state index is -0.157. The largest absolute Gasteiger partial charge is 0.486 e. The zero-order valence-corrected chi connectivity index (χ0v) is 17.7. The molecule has 7 heteroatoms. The van der Waals surface area contributed by atoms with Crippen LogP contribution in [0.5, 0.6) is 11.5 Å². The summed E-state index contributed by atoms with van der Waals surface area (Å²) in [6.07, 6.45) is 3.63. The standard InChI is InChI=1S/C21H29ClN2O4/c1-14-11-24(12-15(2)28-14)21(3,4)13-23-19(25)6-5-16-9-17(22)20-18(10-16)26-7-8-27-20/h5-6,9-10,14-15H,7-8,11-13H2,1-4H3,(H,23,25)/b6-5+. The van der Waals surface area contributed by atoms with E-state index < -0.39 is 0 Å². The van der Waals surface area contributed by atoms with Crippen molar-refractivity contribution in [1.82, 2.24) is 10.2 Å². The van der Waals surface area contributed by atoms with Crippen molar-refractivity contribution in [2.24, 2.45) is 0 Å². The average Bonchev–Trinajstić information content (AvgIpc) is 2.64. The van der Waals surface area contributed by atoms with Crippen molar-refractivity contribution in [3.63, 3.8) is 0 Å². The Hall–Kier alpha value is -1.76. The van der Waals surface area contributed by atoms with Crippen LogP contribution in [0.1, 0.15) is 33.3 Å². The minimum Gasteiger partial charge on any atom is -0.486 e. The Kier molecular flexibility index (Phi) is 6.53. The third-order valence-electron chi connectivity index (χ3n) is 5.02. The number of ether oxygens (including phenoxy) is 3. The molecule has 1 amide bonds. The third-order valence-corrected chi connectivity index (χ3v) is 5.30. The number of morpholine rings is 1. The van der Waals surface area contributed by atoms with Crippen LogP contribution in [0.25, 0.3) is 6.08 Å². The Morgan fingerprint density at radius 1 is 1.25 bits per heavy atom. The van der Waals surface area contributed by atoms with Crippen LogP contribution in [-0.4, -0.2) is 61.4 Å². The summed E-state index contributed by atoms with van der Waals surface area (Å²) in [6.45, 7) is 11.7. The normalized spacial score (nSPS) is 23.0. The molecule has 1 aromatic rings. The van der Waals surface area contributed by atoms with Crippen molar-refractivity contribution in [2.75, 3.05) is 32.8 Å². The fourth-order valence-electron chi connectivity index (χ4n) is 3.55. The van der Waals surface area contributed by atoms with Crippen LogP contribution in [0.15, 0.2) is 18.2 Å². The second-order valence-corrected chi connectivity index (χ2v) is 8.46. The highest BCUT2D eigenvalue weighted by atomic mass is 35.5. The van der Waals surface area contributed by atoms with Gasteiger partial charge < -0.3 is 19.5 Å². The lowest BCUT2D eigenvalue weighted by atomic mass is 10.00. The van der Waals surface area contributed by atoms with Gasteiger partial charge in [-0.25, -0.2) is 0 Å². The summed E-state index contributed by atoms with van der Waals surface area (Å²) in [5.41, 5.74) is 0.635. The number of carbonyl (C=O) groups is 1. The molecule has 1 N–H and O–H groups in total. The van der Waals surface area contributed by atoms with Gasteiger partial charge in [-0.1, -0.05) is 11.6 Å². The maximum atomic E-state index is 12.3. The van der Waals surface area contributed by atoms with Gasteiger partial charge in [-0.05, 0) is 51.5 Å². The van der Waals surface area contributed by atoms with Crippen molar-refractivity contribution in [3.8, 4) is 11.5 Å². The summed E-state index contributed by atoms with van der Waals surface area (Å²) >= 11 is 6.24. The molecule has 2 aliphatic rings. The Bertz CT molecular complexity index is 740. The Morgan fingerprint density at radius 3 is 2.64 bits per heavy atom. The van der Waals surface area contributed by atoms with Crippen LogP contribution in [0.3, 0.4) is 0 Å². The van der Waals surface area contributed by atoms with Crippen molar-refractivity contribution in [1.29, 1.82) is 0 Å². The van der Waals surface area contributed by atoms with E-state index in [-0.39, 0.29) is 23.7 Å². The smallest absolute Gasteiger partial charge is 0.244 e. The van der Waals surface area contributed by atoms with E-state index in [0.717, 1.165) is 18.7 Å². The molecule has 1 aromatic carbocycles. The van der Waals surface area contributed by atoms with E-state index in [1.807, 2.05) is 6.07 Å². The molecule has 0 aromatic heterocycles. The lowest BCUT2D eigenvalue weighted by Crippen LogP contribution is -2.58. The van der Waals surface area contributed by atoms with Crippen LogP contribution < -0.4 is 14.8 Å². The van der Waals surface area contributed by atoms with Crippen LogP contribution in [0, 0.1) is 0 Å². The summed E-state index contributed by atoms with van der Waals surface area (Å²) in [5, 5.41) is 3.48. The molecule has 0 spiro atoms. The van der Waals surface area contributed by atoms with E-state index in [2.05, 4.69) is 37.9 Å². The van der Waals surface area contributed by atoms with Crippen molar-refractivity contribution >= 4 is 23.6 Å². The van der Waals surface area contributed by atoms with Crippen molar-refractivity contribution < 1.29 is 19.0 Å². The lowest BCUT2D eigenvalue weighted by Gasteiger charge is -2.45. The average molecular weight is 409 g/mol. The molecule has 3 rings (SSSR count). The molecule has 0 aliphatic carbocycles. The first-order valence-corrected chi connectivity index (χ1v) is 10.1. The van der Waals surface area contributed by atoms with Gasteiger partial charge in [-0.15, -0.1) is 0 Å². The number of carbonyl (C=O) groups excluding carboxylic acids is 1. The summed E-state index contributed by atoms with van der Waals surface area (Å²) in [5.74, 6) is 1.02. The number of halogens is 1. The Balaban J connectivity index is 1.57. The molecule has 28 heavy (non-hydrogen) atoms. The number of rotatable bonds is 5. The zero-order valence-electron chi connectivity index (χ0n) is 17.0. The first-order valence-electron chi connectivity index (χ1n) is 9.70. The Morgan fingerprint density at radius 2 is 1.93 bits per heavy atom. The first-order chi connectivity index (χ1) is 13.2. The number of nitrogens with one attached hydrogen (secondary N) is 1. The quantitative estimate of drug-likeness (QED) is 0.758. The van der Waals surface area contributed by atoms with Gasteiger partial charge in [0.25, 0.3) is 0 Å². The highest BCUT2D eigenvalue weighted by Crippen LogP contribution is 2.38. The molecule has 2 heterocycles. The van der Waals surface area contributed by atoms with Crippen LogP contribution in [0.4, 0.5) is 0 Å². The molecule has 0 bridgehead atoms. The molecule has 2 unspecified atom stereocenters. The van der Waals surface area contributed by atoms with Gasteiger partial charge in [0.1, 0.15) is 13.2 Å². The maximum Gasteiger partial charge on any atom is 0.244 e. The van der Waals surface area contributed by atoms with E-state index >= 15 is 0 Å². The number of fused-ring (bicyclic) bond motifs is 1. The zero-order chi connectivity index (χ0) is 20.3. The van der Waals surface area contributed by atoms with E-state index in [1.54, 1.807) is 12.1 Å². The molecule has 1 saturated heterocycles. The number of benzene rings is 1. The fourth-order valence-corrected chi connectivity index (χ4v) is 3.82. The van der Waals surface area contributed by atoms with Crippen LogP contribution in [-0.2, 0) is 9.53 Å². The monoisotopic (exact) mass is 408 g/mol. The van der Waals surface area contributed by atoms with E-state index in [1.165, 1.54) is 6.08 Å². The lowest BCUT2D eigenvalue weighted by molar-refractivity contribution is -0.118. The molecule has 154 valence electrons. The van der Waals surface area contributed by atoms with Gasteiger partial charge in [0.05, 0.1) is 17.2 Å². The van der Waals surface area contributed by atoms with Gasteiger partial charge in [0, 0.05) is 31.2 Å². The SMILES string of the molecule is CC1CN(C(C)(C)CNC(=O)/C=C/c2cc(Cl)c3c(c2)OCCO3)CC(C)O1. The first kappa shape index (κ1) is 21.0. The summed E-state index contributed by atoms with van der Waals surface area (Å²) in [6, 6.07) is 3.59. The van der Waals surface area contributed by atoms with Crippen molar-refractivity contribution in [3.05, 3.63) is 28.8 Å². The number of amides is 1.